The summed E-state index contributed by atoms with van der Waals surface area (Å²) < 4.78 is 0. The van der Waals surface area contributed by atoms with E-state index in [-0.39, 0.29) is 0 Å². The predicted molar refractivity (Wildman–Crippen MR) is 60.1 cm³/mol. The van der Waals surface area contributed by atoms with Crippen LogP contribution in [0.5, 0.6) is 0 Å². The molecule has 0 radical (unpaired) electrons. The van der Waals surface area contributed by atoms with Crippen LogP contribution in [0, 0.1) is 12.8 Å². The number of carbonyl (C=O) groups excluding carboxylic acids is 1. The van der Waals surface area contributed by atoms with Gasteiger partial charge in [0.15, 0.2) is 0 Å². The van der Waals surface area contributed by atoms with Crippen LogP contribution in [0.25, 0.3) is 0 Å². The minimum Gasteiger partial charge on any atom is -0.350 e. The van der Waals surface area contributed by atoms with Crippen LogP contribution in [0.3, 0.4) is 0 Å². The van der Waals surface area contributed by atoms with Crippen molar-refractivity contribution in [2.24, 2.45) is 11.7 Å². The van der Waals surface area contributed by atoms with Crippen LogP contribution in [-0.2, 0) is 0 Å². The standard InChI is InChI=1S/C12H16N2O2/c1-8-3-2-4-9(5-8)11-6-10(11)7-14(16)12(13)15/h2-5,10-11,16H,6-7H2,1H3,(H2,13,15)/t10-,11-/m0/s1. The predicted octanol–water partition coefficient (Wildman–Crippen LogP) is 1.87. The summed E-state index contributed by atoms with van der Waals surface area (Å²) in [6.07, 6.45) is 1.01. The van der Waals surface area contributed by atoms with Gasteiger partial charge in [-0.1, -0.05) is 29.8 Å². The fourth-order valence-corrected chi connectivity index (χ4v) is 2.07. The molecule has 0 bridgehead atoms. The van der Waals surface area contributed by atoms with Gasteiger partial charge in [0.1, 0.15) is 0 Å². The van der Waals surface area contributed by atoms with Gasteiger partial charge in [-0.15, -0.1) is 0 Å². The number of hydrogen-bond donors (Lipinski definition) is 2. The van der Waals surface area contributed by atoms with Crippen molar-refractivity contribution in [3.05, 3.63) is 35.4 Å². The summed E-state index contributed by atoms with van der Waals surface area (Å²) >= 11 is 0. The smallest absolute Gasteiger partial charge is 0.338 e. The molecule has 0 spiro atoms. The summed E-state index contributed by atoms with van der Waals surface area (Å²) in [5, 5.41) is 9.81. The van der Waals surface area contributed by atoms with E-state index in [1.54, 1.807) is 0 Å². The van der Waals surface area contributed by atoms with Crippen molar-refractivity contribution in [1.82, 2.24) is 5.06 Å². The quantitative estimate of drug-likeness (QED) is 0.603. The lowest BCUT2D eigenvalue weighted by molar-refractivity contribution is -0.0431. The van der Waals surface area contributed by atoms with Crippen molar-refractivity contribution in [2.45, 2.75) is 19.3 Å². The largest absolute Gasteiger partial charge is 0.350 e. The van der Waals surface area contributed by atoms with Gasteiger partial charge in [0.05, 0.1) is 6.54 Å². The van der Waals surface area contributed by atoms with Crippen LogP contribution < -0.4 is 5.73 Å². The zero-order valence-electron chi connectivity index (χ0n) is 9.26. The van der Waals surface area contributed by atoms with Gasteiger partial charge >= 0.3 is 6.03 Å². The van der Waals surface area contributed by atoms with Crippen LogP contribution in [0.2, 0.25) is 0 Å². The van der Waals surface area contributed by atoms with E-state index in [4.69, 9.17) is 5.73 Å². The lowest BCUT2D eigenvalue weighted by Crippen LogP contribution is -2.34. The fraction of sp³-hybridized carbons (Fsp3) is 0.417. The van der Waals surface area contributed by atoms with Gasteiger partial charge in [-0.2, -0.15) is 0 Å². The van der Waals surface area contributed by atoms with Crippen molar-refractivity contribution in [2.75, 3.05) is 6.54 Å². The second-order valence-electron chi connectivity index (χ2n) is 4.44. The molecule has 2 amide bonds. The number of amides is 2. The molecular formula is C12H16N2O2. The van der Waals surface area contributed by atoms with Crippen molar-refractivity contribution < 1.29 is 10.0 Å². The Balaban J connectivity index is 1.94. The number of nitrogens with zero attached hydrogens (tertiary/aromatic N) is 1. The van der Waals surface area contributed by atoms with Crippen LogP contribution >= 0.6 is 0 Å². The van der Waals surface area contributed by atoms with Gasteiger partial charge in [0.2, 0.25) is 0 Å². The maximum absolute atomic E-state index is 10.7. The Morgan fingerprint density at radius 2 is 2.38 bits per heavy atom. The Bertz CT molecular complexity index is 406. The summed E-state index contributed by atoms with van der Waals surface area (Å²) in [6.45, 7) is 2.39. The molecule has 2 rings (SSSR count). The molecule has 1 aromatic carbocycles. The van der Waals surface area contributed by atoms with Crippen LogP contribution in [0.15, 0.2) is 24.3 Å². The SMILES string of the molecule is Cc1cccc([C@@H]2C[C@H]2CN(O)C(N)=O)c1. The Labute approximate surface area is 94.6 Å². The van der Waals surface area contributed by atoms with Gasteiger partial charge in [-0.25, -0.2) is 9.86 Å². The highest BCUT2D eigenvalue weighted by atomic mass is 16.5. The molecular weight excluding hydrogens is 204 g/mol. The van der Waals surface area contributed by atoms with Crippen molar-refractivity contribution >= 4 is 6.03 Å². The normalized spacial score (nSPS) is 22.9. The average Bonchev–Trinajstić information content (AvgIpc) is 2.97. The molecule has 0 aliphatic heterocycles. The molecule has 1 saturated carbocycles. The van der Waals surface area contributed by atoms with Gasteiger partial charge < -0.3 is 5.73 Å². The number of hydroxylamine groups is 2. The minimum atomic E-state index is -0.783. The van der Waals surface area contributed by atoms with E-state index in [1.807, 2.05) is 6.07 Å². The number of urea groups is 1. The van der Waals surface area contributed by atoms with Gasteiger partial charge in [0.25, 0.3) is 0 Å². The van der Waals surface area contributed by atoms with E-state index in [2.05, 4.69) is 25.1 Å². The summed E-state index contributed by atoms with van der Waals surface area (Å²) in [6, 6.07) is 7.54. The molecule has 1 aliphatic rings. The van der Waals surface area contributed by atoms with E-state index in [1.165, 1.54) is 11.1 Å². The zero-order valence-corrected chi connectivity index (χ0v) is 9.26. The van der Waals surface area contributed by atoms with E-state index >= 15 is 0 Å². The molecule has 1 aromatic rings. The second-order valence-corrected chi connectivity index (χ2v) is 4.44. The first-order chi connectivity index (χ1) is 7.58. The number of nitrogens with two attached hydrogens (primary N) is 1. The molecule has 2 atom stereocenters. The molecule has 3 N–H and O–H groups in total. The number of rotatable bonds is 3. The lowest BCUT2D eigenvalue weighted by Gasteiger charge is -2.11. The van der Waals surface area contributed by atoms with Crippen molar-refractivity contribution in [3.8, 4) is 0 Å². The van der Waals surface area contributed by atoms with Gasteiger partial charge in [-0.05, 0) is 30.7 Å². The first kappa shape index (κ1) is 11.0. The third kappa shape index (κ3) is 2.33. The number of carbonyl (C=O) groups is 1. The summed E-state index contributed by atoms with van der Waals surface area (Å²) in [5.41, 5.74) is 7.47. The third-order valence-corrected chi connectivity index (χ3v) is 3.05. The molecule has 0 unspecified atom stereocenters. The highest BCUT2D eigenvalue weighted by Crippen LogP contribution is 2.47. The van der Waals surface area contributed by atoms with Crippen LogP contribution in [0.1, 0.15) is 23.5 Å². The van der Waals surface area contributed by atoms with Crippen molar-refractivity contribution in [3.63, 3.8) is 0 Å². The number of benzene rings is 1. The molecule has 86 valence electrons. The maximum Gasteiger partial charge on any atom is 0.338 e. The summed E-state index contributed by atoms with van der Waals surface area (Å²) in [4.78, 5) is 10.7. The minimum absolute atomic E-state index is 0.327. The van der Waals surface area contributed by atoms with Gasteiger partial charge in [0, 0.05) is 0 Å². The molecule has 16 heavy (non-hydrogen) atoms. The molecule has 4 heteroatoms. The molecule has 0 saturated heterocycles. The molecule has 1 aliphatic carbocycles. The van der Waals surface area contributed by atoms with Crippen molar-refractivity contribution in [1.29, 1.82) is 0 Å². The second kappa shape index (κ2) is 4.14. The van der Waals surface area contributed by atoms with Crippen LogP contribution in [0.4, 0.5) is 4.79 Å². The molecule has 1 fully saturated rings. The number of hydrogen-bond acceptors (Lipinski definition) is 2. The van der Waals surface area contributed by atoms with Crippen LogP contribution in [-0.4, -0.2) is 22.8 Å². The maximum atomic E-state index is 10.7. The first-order valence-corrected chi connectivity index (χ1v) is 5.40. The fourth-order valence-electron chi connectivity index (χ4n) is 2.07. The lowest BCUT2D eigenvalue weighted by atomic mass is 10.1. The average molecular weight is 220 g/mol. The first-order valence-electron chi connectivity index (χ1n) is 5.40. The Morgan fingerprint density at radius 1 is 1.62 bits per heavy atom. The Hall–Kier alpha value is -1.55. The molecule has 0 heterocycles. The highest BCUT2D eigenvalue weighted by Gasteiger charge is 2.39. The molecule has 4 nitrogen and oxygen atoms in total. The molecule has 0 aromatic heterocycles. The number of primary amides is 1. The van der Waals surface area contributed by atoms with E-state index < -0.39 is 6.03 Å². The highest BCUT2D eigenvalue weighted by molar-refractivity contribution is 5.70. The Morgan fingerprint density at radius 3 is 3.00 bits per heavy atom. The monoisotopic (exact) mass is 220 g/mol. The zero-order chi connectivity index (χ0) is 11.7. The Kier molecular flexibility index (Phi) is 2.83. The summed E-state index contributed by atoms with van der Waals surface area (Å²) in [5.74, 6) is 0.785. The van der Waals surface area contributed by atoms with Gasteiger partial charge in [-0.3, -0.25) is 5.21 Å². The third-order valence-electron chi connectivity index (χ3n) is 3.05. The number of aryl methyl sites for hydroxylation is 1. The van der Waals surface area contributed by atoms with E-state index in [0.29, 0.717) is 23.4 Å². The topological polar surface area (TPSA) is 66.6 Å². The van der Waals surface area contributed by atoms with E-state index in [0.717, 1.165) is 6.42 Å². The summed E-state index contributed by atoms with van der Waals surface area (Å²) in [7, 11) is 0. The van der Waals surface area contributed by atoms with E-state index in [9.17, 15) is 10.0 Å².